The molecule has 1 N–H and O–H groups in total. The lowest BCUT2D eigenvalue weighted by Gasteiger charge is -2.10. The van der Waals surface area contributed by atoms with Gasteiger partial charge in [0, 0.05) is 6.42 Å². The van der Waals surface area contributed by atoms with Crippen molar-refractivity contribution in [3.05, 3.63) is 0 Å². The summed E-state index contributed by atoms with van der Waals surface area (Å²) < 4.78 is 4.61. The molecule has 0 heterocycles. The molecule has 0 aliphatic heterocycles. The Kier molecular flexibility index (Phi) is 16.4. The summed E-state index contributed by atoms with van der Waals surface area (Å²) in [6, 6.07) is 0. The standard InChI is InChI=1S/C19H38O3/c1-3-4-5-6-7-8-9-12-15-18(20)16-13-10-11-14-17-19(21)22-2/h18,20H,3-17H2,1-2H3/t18-/m1/s1. The zero-order valence-corrected chi connectivity index (χ0v) is 14.9. The van der Waals surface area contributed by atoms with Gasteiger partial charge in [-0.1, -0.05) is 77.6 Å². The van der Waals surface area contributed by atoms with Gasteiger partial charge in [-0.3, -0.25) is 4.79 Å². The molecule has 0 fully saturated rings. The molecule has 0 bridgehead atoms. The summed E-state index contributed by atoms with van der Waals surface area (Å²) in [6.07, 6.45) is 17.0. The first kappa shape index (κ1) is 21.4. The minimum absolute atomic E-state index is 0.116. The number of hydrogen-bond acceptors (Lipinski definition) is 3. The molecule has 0 aliphatic carbocycles. The SMILES string of the molecule is CCCCCCCCCC[C@@H](O)CCCCCCC(=O)OC. The quantitative estimate of drug-likeness (QED) is 0.307. The molecule has 22 heavy (non-hydrogen) atoms. The summed E-state index contributed by atoms with van der Waals surface area (Å²) in [4.78, 5) is 10.9. The summed E-state index contributed by atoms with van der Waals surface area (Å²) in [7, 11) is 1.43. The maximum absolute atomic E-state index is 10.9. The third kappa shape index (κ3) is 15.8. The van der Waals surface area contributed by atoms with Crippen molar-refractivity contribution in [1.29, 1.82) is 0 Å². The number of carbonyl (C=O) groups is 1. The fraction of sp³-hybridized carbons (Fsp3) is 0.947. The molecule has 0 saturated heterocycles. The lowest BCUT2D eigenvalue weighted by atomic mass is 10.0. The van der Waals surface area contributed by atoms with Gasteiger partial charge < -0.3 is 9.84 Å². The topological polar surface area (TPSA) is 46.5 Å². The molecule has 132 valence electrons. The van der Waals surface area contributed by atoms with Gasteiger partial charge in [-0.25, -0.2) is 0 Å². The number of methoxy groups -OCH3 is 1. The first-order chi connectivity index (χ1) is 10.7. The van der Waals surface area contributed by atoms with E-state index in [1.807, 2.05) is 0 Å². The zero-order valence-electron chi connectivity index (χ0n) is 14.9. The van der Waals surface area contributed by atoms with Crippen LogP contribution in [0.3, 0.4) is 0 Å². The molecule has 0 aromatic heterocycles. The number of carbonyl (C=O) groups excluding carboxylic acids is 1. The monoisotopic (exact) mass is 314 g/mol. The second kappa shape index (κ2) is 16.8. The van der Waals surface area contributed by atoms with E-state index in [9.17, 15) is 9.90 Å². The molecule has 3 nitrogen and oxygen atoms in total. The maximum atomic E-state index is 10.9. The molecular formula is C19H38O3. The molecule has 0 rings (SSSR count). The smallest absolute Gasteiger partial charge is 0.305 e. The average molecular weight is 315 g/mol. The minimum Gasteiger partial charge on any atom is -0.469 e. The van der Waals surface area contributed by atoms with Crippen LogP contribution in [0.2, 0.25) is 0 Å². The van der Waals surface area contributed by atoms with Crippen molar-refractivity contribution in [2.75, 3.05) is 7.11 Å². The lowest BCUT2D eigenvalue weighted by molar-refractivity contribution is -0.140. The average Bonchev–Trinajstić information content (AvgIpc) is 2.52. The van der Waals surface area contributed by atoms with Crippen LogP contribution in [0.4, 0.5) is 0 Å². The highest BCUT2D eigenvalue weighted by atomic mass is 16.5. The third-order valence-electron chi connectivity index (χ3n) is 4.29. The first-order valence-corrected chi connectivity index (χ1v) is 9.45. The van der Waals surface area contributed by atoms with Gasteiger partial charge >= 0.3 is 5.97 Å². The van der Waals surface area contributed by atoms with Crippen LogP contribution in [0.15, 0.2) is 0 Å². The Labute approximate surface area is 137 Å². The zero-order chi connectivity index (χ0) is 16.5. The molecule has 0 radical (unpaired) electrons. The van der Waals surface area contributed by atoms with Crippen molar-refractivity contribution in [3.63, 3.8) is 0 Å². The fourth-order valence-corrected chi connectivity index (χ4v) is 2.76. The Bertz CT molecular complexity index is 241. The Morgan fingerprint density at radius 1 is 0.818 bits per heavy atom. The Morgan fingerprint density at radius 3 is 1.77 bits per heavy atom. The van der Waals surface area contributed by atoms with Crippen molar-refractivity contribution in [2.45, 2.75) is 109 Å². The summed E-state index contributed by atoms with van der Waals surface area (Å²) in [5, 5.41) is 9.93. The highest BCUT2D eigenvalue weighted by Gasteiger charge is 2.04. The highest BCUT2D eigenvalue weighted by molar-refractivity contribution is 5.68. The van der Waals surface area contributed by atoms with Crippen LogP contribution in [0.25, 0.3) is 0 Å². The van der Waals surface area contributed by atoms with Gasteiger partial charge in [0.1, 0.15) is 0 Å². The Balaban J connectivity index is 3.19. The molecule has 0 aliphatic rings. The number of unbranched alkanes of at least 4 members (excludes halogenated alkanes) is 10. The van der Waals surface area contributed by atoms with Gasteiger partial charge in [0.05, 0.1) is 13.2 Å². The first-order valence-electron chi connectivity index (χ1n) is 9.45. The lowest BCUT2D eigenvalue weighted by Crippen LogP contribution is -2.06. The van der Waals surface area contributed by atoms with Crippen molar-refractivity contribution in [2.24, 2.45) is 0 Å². The van der Waals surface area contributed by atoms with Crippen LogP contribution in [0.5, 0.6) is 0 Å². The van der Waals surface area contributed by atoms with Crippen molar-refractivity contribution >= 4 is 5.97 Å². The molecule has 0 unspecified atom stereocenters. The Hall–Kier alpha value is -0.570. The van der Waals surface area contributed by atoms with E-state index in [1.165, 1.54) is 52.1 Å². The largest absolute Gasteiger partial charge is 0.469 e. The normalized spacial score (nSPS) is 12.3. The van der Waals surface area contributed by atoms with E-state index in [4.69, 9.17) is 0 Å². The number of aliphatic hydroxyl groups is 1. The van der Waals surface area contributed by atoms with Crippen molar-refractivity contribution in [1.82, 2.24) is 0 Å². The van der Waals surface area contributed by atoms with Gasteiger partial charge in [-0.15, -0.1) is 0 Å². The van der Waals surface area contributed by atoms with Gasteiger partial charge in [0.15, 0.2) is 0 Å². The van der Waals surface area contributed by atoms with Crippen LogP contribution in [-0.2, 0) is 9.53 Å². The van der Waals surface area contributed by atoms with E-state index in [1.54, 1.807) is 0 Å². The van der Waals surface area contributed by atoms with Gasteiger partial charge in [0.25, 0.3) is 0 Å². The van der Waals surface area contributed by atoms with E-state index in [0.29, 0.717) is 6.42 Å². The van der Waals surface area contributed by atoms with E-state index >= 15 is 0 Å². The minimum atomic E-state index is -0.124. The highest BCUT2D eigenvalue weighted by Crippen LogP contribution is 2.14. The van der Waals surface area contributed by atoms with Crippen molar-refractivity contribution < 1.29 is 14.6 Å². The fourth-order valence-electron chi connectivity index (χ4n) is 2.76. The van der Waals surface area contributed by atoms with Crippen LogP contribution in [0, 0.1) is 0 Å². The number of aliphatic hydroxyl groups excluding tert-OH is 1. The van der Waals surface area contributed by atoms with Gasteiger partial charge in [0.2, 0.25) is 0 Å². The summed E-state index contributed by atoms with van der Waals surface area (Å²) in [5.41, 5.74) is 0. The number of rotatable bonds is 16. The number of ether oxygens (including phenoxy) is 1. The predicted octanol–water partition coefficient (Wildman–Crippen LogP) is 5.39. The van der Waals surface area contributed by atoms with E-state index in [2.05, 4.69) is 11.7 Å². The van der Waals surface area contributed by atoms with Crippen LogP contribution < -0.4 is 0 Å². The molecule has 0 spiro atoms. The van der Waals surface area contributed by atoms with Gasteiger partial charge in [-0.05, 0) is 19.3 Å². The molecule has 0 aromatic carbocycles. The van der Waals surface area contributed by atoms with E-state index in [0.717, 1.165) is 44.9 Å². The van der Waals surface area contributed by atoms with Crippen LogP contribution in [-0.4, -0.2) is 24.3 Å². The number of esters is 1. The van der Waals surface area contributed by atoms with Crippen molar-refractivity contribution in [3.8, 4) is 0 Å². The molecule has 1 atom stereocenters. The second-order valence-corrected chi connectivity index (χ2v) is 6.45. The number of hydrogen-bond donors (Lipinski definition) is 1. The van der Waals surface area contributed by atoms with Crippen LogP contribution in [0.1, 0.15) is 103 Å². The molecule has 0 saturated carbocycles. The second-order valence-electron chi connectivity index (χ2n) is 6.45. The van der Waals surface area contributed by atoms with Crippen LogP contribution >= 0.6 is 0 Å². The molecule has 0 aromatic rings. The van der Waals surface area contributed by atoms with E-state index in [-0.39, 0.29) is 12.1 Å². The Morgan fingerprint density at radius 2 is 1.27 bits per heavy atom. The van der Waals surface area contributed by atoms with E-state index < -0.39 is 0 Å². The molecule has 3 heteroatoms. The summed E-state index contributed by atoms with van der Waals surface area (Å²) >= 11 is 0. The molecule has 0 amide bonds. The summed E-state index contributed by atoms with van der Waals surface area (Å²) in [6.45, 7) is 2.25. The third-order valence-corrected chi connectivity index (χ3v) is 4.29. The predicted molar refractivity (Wildman–Crippen MR) is 93.0 cm³/mol. The van der Waals surface area contributed by atoms with Gasteiger partial charge in [-0.2, -0.15) is 0 Å². The molecular weight excluding hydrogens is 276 g/mol. The maximum Gasteiger partial charge on any atom is 0.305 e. The summed E-state index contributed by atoms with van der Waals surface area (Å²) in [5.74, 6) is -0.116.